The van der Waals surface area contributed by atoms with Gasteiger partial charge in [0.25, 0.3) is 0 Å². The van der Waals surface area contributed by atoms with E-state index in [1.807, 2.05) is 24.4 Å². The van der Waals surface area contributed by atoms with Crippen LogP contribution >= 0.6 is 0 Å². The number of ether oxygens (including phenoxy) is 1. The minimum atomic E-state index is 0.489. The fraction of sp³-hybridized carbons (Fsp3) is 0.400. The second-order valence-corrected chi connectivity index (χ2v) is 7.04. The smallest absolute Gasteiger partial charge is 0.231 e. The second-order valence-electron chi connectivity index (χ2n) is 7.04. The van der Waals surface area contributed by atoms with Gasteiger partial charge in [-0.25, -0.2) is 0 Å². The molecule has 1 radical (unpaired) electrons. The molecule has 3 heterocycles. The first-order valence-corrected chi connectivity index (χ1v) is 9.42. The molecule has 0 bridgehead atoms. The van der Waals surface area contributed by atoms with Crippen molar-refractivity contribution in [2.45, 2.75) is 44.6 Å². The summed E-state index contributed by atoms with van der Waals surface area (Å²) in [7, 11) is 0. The average Bonchev–Trinajstić information content (AvgIpc) is 3.32. The molecule has 3 aromatic rings. The van der Waals surface area contributed by atoms with Gasteiger partial charge in [0.15, 0.2) is 0 Å². The van der Waals surface area contributed by atoms with Crippen molar-refractivity contribution in [3.05, 3.63) is 36.0 Å². The van der Waals surface area contributed by atoms with Crippen molar-refractivity contribution in [2.75, 3.05) is 17.2 Å². The van der Waals surface area contributed by atoms with Gasteiger partial charge in [-0.1, -0.05) is 25.3 Å². The van der Waals surface area contributed by atoms with E-state index in [-0.39, 0.29) is 0 Å². The van der Waals surface area contributed by atoms with Crippen molar-refractivity contribution in [2.24, 2.45) is 0 Å². The van der Waals surface area contributed by atoms with Gasteiger partial charge in [-0.3, -0.25) is 0 Å². The molecule has 0 atom stereocenters. The highest BCUT2D eigenvalue weighted by Gasteiger charge is 2.19. The van der Waals surface area contributed by atoms with Crippen LogP contribution in [0.2, 0.25) is 0 Å². The maximum absolute atomic E-state index is 5.75. The van der Waals surface area contributed by atoms with E-state index in [1.54, 1.807) is 0 Å². The molecule has 1 aliphatic heterocycles. The van der Waals surface area contributed by atoms with E-state index in [2.05, 4.69) is 26.7 Å². The normalized spacial score (nSPS) is 17.1. The van der Waals surface area contributed by atoms with Crippen LogP contribution in [0.5, 0.6) is 5.75 Å². The molecule has 6 nitrogen and oxygen atoms in total. The lowest BCUT2D eigenvalue weighted by Crippen LogP contribution is -2.23. The molecule has 26 heavy (non-hydrogen) atoms. The Balaban J connectivity index is 1.47. The Labute approximate surface area is 152 Å². The molecule has 133 valence electrons. The maximum atomic E-state index is 5.75. The second kappa shape index (κ2) is 6.52. The lowest BCUT2D eigenvalue weighted by Gasteiger charge is -2.23. The highest BCUT2D eigenvalue weighted by atomic mass is 16.5. The topological polar surface area (TPSA) is 74.9 Å². The van der Waals surface area contributed by atoms with Gasteiger partial charge in [0.05, 0.1) is 17.7 Å². The predicted octanol–water partition coefficient (Wildman–Crippen LogP) is 4.18. The van der Waals surface area contributed by atoms with Crippen LogP contribution in [0.1, 0.15) is 37.7 Å². The summed E-state index contributed by atoms with van der Waals surface area (Å²) in [6.07, 6.45) is 9.12. The van der Waals surface area contributed by atoms with Crippen LogP contribution in [0, 0.1) is 6.07 Å². The Morgan fingerprint density at radius 1 is 1.15 bits per heavy atom. The molecule has 1 aromatic carbocycles. The molecule has 5 rings (SSSR count). The molecule has 0 amide bonds. The molecule has 0 saturated heterocycles. The third kappa shape index (κ3) is 2.85. The van der Waals surface area contributed by atoms with Crippen molar-refractivity contribution in [3.8, 4) is 5.75 Å². The highest BCUT2D eigenvalue weighted by Crippen LogP contribution is 2.35. The van der Waals surface area contributed by atoms with E-state index in [4.69, 9.17) is 9.72 Å². The van der Waals surface area contributed by atoms with Gasteiger partial charge in [0, 0.05) is 24.2 Å². The van der Waals surface area contributed by atoms with Crippen LogP contribution < -0.4 is 15.4 Å². The van der Waals surface area contributed by atoms with Crippen LogP contribution in [0.15, 0.2) is 24.4 Å². The molecular formula is C20H22N5O. The zero-order chi connectivity index (χ0) is 17.3. The number of aromatic nitrogens is 3. The van der Waals surface area contributed by atoms with Gasteiger partial charge in [0.2, 0.25) is 5.95 Å². The van der Waals surface area contributed by atoms with Gasteiger partial charge in [0.1, 0.15) is 17.2 Å². The quantitative estimate of drug-likeness (QED) is 0.659. The summed E-state index contributed by atoms with van der Waals surface area (Å²) in [5.74, 6) is 2.33. The van der Waals surface area contributed by atoms with Crippen LogP contribution in [-0.2, 0) is 6.42 Å². The summed E-state index contributed by atoms with van der Waals surface area (Å²) in [6, 6.07) is 9.64. The molecular weight excluding hydrogens is 326 g/mol. The number of fused-ring (bicyclic) bond motifs is 2. The van der Waals surface area contributed by atoms with E-state index < -0.39 is 0 Å². The summed E-state index contributed by atoms with van der Waals surface area (Å²) < 4.78 is 5.75. The monoisotopic (exact) mass is 348 g/mol. The summed E-state index contributed by atoms with van der Waals surface area (Å²) >= 11 is 0. The number of hydrogen-bond acceptors (Lipinski definition) is 5. The zero-order valence-corrected chi connectivity index (χ0v) is 14.6. The minimum Gasteiger partial charge on any atom is -0.491 e. The Bertz CT molecular complexity index is 929. The summed E-state index contributed by atoms with van der Waals surface area (Å²) in [6.45, 7) is 0.704. The summed E-state index contributed by atoms with van der Waals surface area (Å²) in [4.78, 5) is 12.6. The molecule has 2 aromatic heterocycles. The predicted molar refractivity (Wildman–Crippen MR) is 102 cm³/mol. The first kappa shape index (κ1) is 15.5. The van der Waals surface area contributed by atoms with Crippen molar-refractivity contribution in [1.29, 1.82) is 0 Å². The first-order chi connectivity index (χ1) is 12.9. The van der Waals surface area contributed by atoms with Crippen LogP contribution in [-0.4, -0.2) is 27.6 Å². The van der Waals surface area contributed by atoms with Gasteiger partial charge in [-0.05, 0) is 31.0 Å². The van der Waals surface area contributed by atoms with Crippen LogP contribution in [0.4, 0.5) is 17.5 Å². The molecule has 3 N–H and O–H groups in total. The summed E-state index contributed by atoms with van der Waals surface area (Å²) in [5.41, 5.74) is 2.84. The van der Waals surface area contributed by atoms with E-state index in [9.17, 15) is 0 Å². The Kier molecular flexibility index (Phi) is 3.88. The van der Waals surface area contributed by atoms with Crippen molar-refractivity contribution >= 4 is 28.5 Å². The maximum Gasteiger partial charge on any atom is 0.231 e. The molecule has 2 aliphatic rings. The molecule has 1 saturated carbocycles. The largest absolute Gasteiger partial charge is 0.491 e. The van der Waals surface area contributed by atoms with Gasteiger partial charge in [-0.15, -0.1) is 0 Å². The van der Waals surface area contributed by atoms with Crippen molar-refractivity contribution < 1.29 is 4.74 Å². The molecule has 0 spiro atoms. The third-order valence-electron chi connectivity index (χ3n) is 5.23. The average molecular weight is 348 g/mol. The molecule has 0 unspecified atom stereocenters. The Morgan fingerprint density at radius 3 is 3.00 bits per heavy atom. The van der Waals surface area contributed by atoms with Crippen molar-refractivity contribution in [3.63, 3.8) is 0 Å². The number of aromatic amines is 1. The van der Waals surface area contributed by atoms with Crippen LogP contribution in [0.3, 0.4) is 0 Å². The number of rotatable bonds is 4. The van der Waals surface area contributed by atoms with Gasteiger partial charge < -0.3 is 20.4 Å². The lowest BCUT2D eigenvalue weighted by molar-refractivity contribution is 0.358. The Morgan fingerprint density at radius 2 is 2.08 bits per heavy atom. The molecule has 1 fully saturated rings. The lowest BCUT2D eigenvalue weighted by atomic mass is 9.95. The first-order valence-electron chi connectivity index (χ1n) is 9.42. The fourth-order valence-electron chi connectivity index (χ4n) is 3.90. The molecule has 1 aliphatic carbocycles. The van der Waals surface area contributed by atoms with E-state index >= 15 is 0 Å². The number of nitrogens with one attached hydrogen (secondary N) is 3. The van der Waals surface area contributed by atoms with E-state index in [1.165, 1.54) is 32.1 Å². The number of anilines is 3. The zero-order valence-electron chi connectivity index (χ0n) is 14.6. The number of benzene rings is 1. The third-order valence-corrected chi connectivity index (χ3v) is 5.23. The number of H-pyrrole nitrogens is 1. The van der Waals surface area contributed by atoms with E-state index in [0.29, 0.717) is 18.6 Å². The van der Waals surface area contributed by atoms with Gasteiger partial charge in [-0.2, -0.15) is 9.97 Å². The van der Waals surface area contributed by atoms with E-state index in [0.717, 1.165) is 40.3 Å². The number of hydrogen-bond donors (Lipinski definition) is 3. The van der Waals surface area contributed by atoms with Gasteiger partial charge >= 0.3 is 0 Å². The van der Waals surface area contributed by atoms with Crippen LogP contribution in [0.25, 0.3) is 11.0 Å². The number of nitrogens with zero attached hydrogens (tertiary/aromatic N) is 2. The highest BCUT2D eigenvalue weighted by molar-refractivity contribution is 5.88. The van der Waals surface area contributed by atoms with Crippen molar-refractivity contribution in [1.82, 2.24) is 15.0 Å². The fourth-order valence-corrected chi connectivity index (χ4v) is 3.90. The molecule has 6 heteroatoms. The SMILES string of the molecule is [c]1ccc(Nc2nc(NC3CCCCC3)c3cc[nH]c3n2)c2c1CCO2. The Hall–Kier alpha value is -2.76. The summed E-state index contributed by atoms with van der Waals surface area (Å²) in [5, 5.41) is 8.01. The standard InChI is InChI=1S/C20H22N5O/c1-2-6-14(7-3-1)22-19-15-9-11-21-18(15)24-20(25-19)23-16-8-4-5-13-10-12-26-17(13)16/h4,8-9,11,14H,1-3,6-7,10,12H2,(H3,21,22,23,24,25). The minimum absolute atomic E-state index is 0.489.